The van der Waals surface area contributed by atoms with Gasteiger partial charge in [-0.05, 0) is 56.9 Å². The monoisotopic (exact) mass is 372 g/mol. The Balaban J connectivity index is 2.87. The molecule has 0 saturated heterocycles. The third-order valence-corrected chi connectivity index (χ3v) is 3.51. The van der Waals surface area contributed by atoms with E-state index in [0.29, 0.717) is 11.1 Å². The van der Waals surface area contributed by atoms with E-state index in [1.165, 1.54) is 14.0 Å². The van der Waals surface area contributed by atoms with Crippen molar-refractivity contribution >= 4 is 11.9 Å². The lowest BCUT2D eigenvalue weighted by Crippen LogP contribution is -2.59. The van der Waals surface area contributed by atoms with Gasteiger partial charge in [0, 0.05) is 16.7 Å². The maximum absolute atomic E-state index is 12.4. The molecule has 0 aliphatic heterocycles. The first-order valence-electron chi connectivity index (χ1n) is 8.14. The van der Waals surface area contributed by atoms with Gasteiger partial charge in [-0.3, -0.25) is 4.79 Å². The number of nitrogens with one attached hydrogen (secondary N) is 1. The van der Waals surface area contributed by atoms with Gasteiger partial charge in [-0.25, -0.2) is 4.79 Å². The summed E-state index contributed by atoms with van der Waals surface area (Å²) in [7, 11) is 1.23. The summed E-state index contributed by atoms with van der Waals surface area (Å²) in [5.41, 5.74) is 4.37. The van der Waals surface area contributed by atoms with E-state index in [1.54, 1.807) is 38.1 Å². The molecule has 1 aromatic rings. The fourth-order valence-corrected chi connectivity index (χ4v) is 1.89. The summed E-state index contributed by atoms with van der Waals surface area (Å²) in [5, 5.41) is 21.0. The maximum Gasteiger partial charge on any atom is 0.330 e. The Hall–Kier alpha value is -2.84. The second kappa shape index (κ2) is 9.20. The Labute approximate surface area is 158 Å². The van der Waals surface area contributed by atoms with E-state index in [-0.39, 0.29) is 0 Å². The number of ether oxygens (including phenoxy) is 1. The fraction of sp³-hybridized carbons (Fsp3) is 0.400. The second-order valence-electron chi connectivity index (χ2n) is 6.76. The van der Waals surface area contributed by atoms with Gasteiger partial charge in [0.15, 0.2) is 0 Å². The summed E-state index contributed by atoms with van der Waals surface area (Å²) in [6.45, 7) is 4.11. The molecule has 0 bridgehead atoms. The highest BCUT2D eigenvalue weighted by molar-refractivity contribution is 5.97. The van der Waals surface area contributed by atoms with Crippen LogP contribution in [0.2, 0.25) is 0 Å². The number of benzene rings is 1. The van der Waals surface area contributed by atoms with Crippen molar-refractivity contribution < 1.29 is 24.5 Å². The lowest BCUT2D eigenvalue weighted by Gasteiger charge is -2.28. The zero-order valence-electron chi connectivity index (χ0n) is 15.8. The van der Waals surface area contributed by atoms with Crippen LogP contribution in [-0.2, 0) is 9.53 Å². The highest BCUT2D eigenvalue weighted by Gasteiger charge is 2.34. The number of carbonyl (C=O) groups excluding carboxylic acids is 2. The normalized spacial score (nSPS) is 13.7. The molecule has 1 rings (SSSR count). The molecule has 144 valence electrons. The number of amides is 1. The predicted octanol–water partition coefficient (Wildman–Crippen LogP) is -0.206. The SMILES string of the molecule is COC(=O)C(NC(=O)c1ccc(C#CC#CC(C)(O)CO)cc1)C(C)(C)N. The zero-order valence-corrected chi connectivity index (χ0v) is 15.8. The van der Waals surface area contributed by atoms with Crippen molar-refractivity contribution in [2.75, 3.05) is 13.7 Å². The standard InChI is InChI=1S/C20H24N2O5/c1-19(2,21)16(18(25)27-4)22-17(24)15-10-8-14(9-11-15)7-5-6-12-20(3,26)13-23/h8-11,16,23,26H,13,21H2,1-4H3,(H,22,24). The Morgan fingerprint density at radius 2 is 1.81 bits per heavy atom. The van der Waals surface area contributed by atoms with Crippen molar-refractivity contribution in [3.05, 3.63) is 35.4 Å². The summed E-state index contributed by atoms with van der Waals surface area (Å²) in [6.07, 6.45) is 0. The largest absolute Gasteiger partial charge is 0.467 e. The molecule has 0 aliphatic rings. The number of methoxy groups -OCH3 is 1. The van der Waals surface area contributed by atoms with Crippen molar-refractivity contribution in [2.45, 2.75) is 38.0 Å². The quantitative estimate of drug-likeness (QED) is 0.419. The van der Waals surface area contributed by atoms with Gasteiger partial charge in [-0.1, -0.05) is 11.8 Å². The molecular formula is C20H24N2O5. The molecule has 0 saturated carbocycles. The van der Waals surface area contributed by atoms with Gasteiger partial charge in [0.25, 0.3) is 5.91 Å². The van der Waals surface area contributed by atoms with Crippen molar-refractivity contribution in [1.29, 1.82) is 0 Å². The Morgan fingerprint density at radius 1 is 1.22 bits per heavy atom. The Morgan fingerprint density at radius 3 is 2.30 bits per heavy atom. The van der Waals surface area contributed by atoms with Gasteiger partial charge >= 0.3 is 5.97 Å². The van der Waals surface area contributed by atoms with Crippen molar-refractivity contribution in [3.8, 4) is 23.7 Å². The molecule has 2 unspecified atom stereocenters. The topological polar surface area (TPSA) is 122 Å². The molecule has 0 aromatic heterocycles. The third kappa shape index (κ3) is 7.12. The van der Waals surface area contributed by atoms with Crippen LogP contribution in [0.25, 0.3) is 0 Å². The van der Waals surface area contributed by atoms with Crippen LogP contribution in [0.4, 0.5) is 0 Å². The van der Waals surface area contributed by atoms with Crippen LogP contribution in [0.1, 0.15) is 36.7 Å². The smallest absolute Gasteiger partial charge is 0.330 e. The number of esters is 1. The van der Waals surface area contributed by atoms with Gasteiger partial charge in [0.1, 0.15) is 11.6 Å². The highest BCUT2D eigenvalue weighted by atomic mass is 16.5. The molecule has 1 aromatic carbocycles. The number of aliphatic hydroxyl groups is 2. The lowest BCUT2D eigenvalue weighted by atomic mass is 9.95. The van der Waals surface area contributed by atoms with E-state index in [4.69, 9.17) is 10.8 Å². The molecule has 0 radical (unpaired) electrons. The molecule has 0 fully saturated rings. The van der Waals surface area contributed by atoms with Crippen molar-refractivity contribution in [1.82, 2.24) is 5.32 Å². The highest BCUT2D eigenvalue weighted by Crippen LogP contribution is 2.10. The van der Waals surface area contributed by atoms with Gasteiger partial charge in [0.05, 0.1) is 13.7 Å². The molecule has 5 N–H and O–H groups in total. The van der Waals surface area contributed by atoms with Crippen molar-refractivity contribution in [2.24, 2.45) is 5.73 Å². The predicted molar refractivity (Wildman–Crippen MR) is 100 cm³/mol. The molecule has 7 heteroatoms. The molecule has 7 nitrogen and oxygen atoms in total. The van der Waals surface area contributed by atoms with Crippen LogP contribution in [0.5, 0.6) is 0 Å². The first kappa shape index (κ1) is 22.2. The molecule has 27 heavy (non-hydrogen) atoms. The Bertz CT molecular complexity index is 799. The molecule has 2 atom stereocenters. The Kier molecular flexibility index (Phi) is 7.56. The summed E-state index contributed by atoms with van der Waals surface area (Å²) in [5.74, 6) is 9.09. The van der Waals surface area contributed by atoms with E-state index in [2.05, 4.69) is 33.7 Å². The minimum absolute atomic E-state index is 0.327. The second-order valence-corrected chi connectivity index (χ2v) is 6.76. The number of hydrogen-bond donors (Lipinski definition) is 4. The van der Waals surface area contributed by atoms with E-state index in [9.17, 15) is 14.7 Å². The number of nitrogens with two attached hydrogens (primary N) is 1. The van der Waals surface area contributed by atoms with E-state index in [0.717, 1.165) is 0 Å². The van der Waals surface area contributed by atoms with Crippen molar-refractivity contribution in [3.63, 3.8) is 0 Å². The van der Waals surface area contributed by atoms with Crippen LogP contribution < -0.4 is 11.1 Å². The summed E-state index contributed by atoms with van der Waals surface area (Å²) in [4.78, 5) is 24.2. The average Bonchev–Trinajstić information content (AvgIpc) is 2.62. The van der Waals surface area contributed by atoms with Crippen LogP contribution in [0.15, 0.2) is 24.3 Å². The molecule has 0 spiro atoms. The lowest BCUT2D eigenvalue weighted by molar-refractivity contribution is -0.144. The van der Waals surface area contributed by atoms with E-state index in [1.807, 2.05) is 0 Å². The van der Waals surface area contributed by atoms with Gasteiger partial charge in [0.2, 0.25) is 0 Å². The van der Waals surface area contributed by atoms with E-state index < -0.39 is 35.7 Å². The third-order valence-electron chi connectivity index (χ3n) is 3.51. The minimum atomic E-state index is -1.50. The first-order chi connectivity index (χ1) is 12.5. The van der Waals surface area contributed by atoms with Crippen LogP contribution in [0.3, 0.4) is 0 Å². The molecule has 0 heterocycles. The van der Waals surface area contributed by atoms with E-state index >= 15 is 0 Å². The van der Waals surface area contributed by atoms with Crippen LogP contribution >= 0.6 is 0 Å². The van der Waals surface area contributed by atoms with Gasteiger partial charge in [-0.2, -0.15) is 0 Å². The number of hydrogen-bond acceptors (Lipinski definition) is 6. The minimum Gasteiger partial charge on any atom is -0.467 e. The molecule has 0 aliphatic carbocycles. The maximum atomic E-state index is 12.4. The zero-order chi connectivity index (χ0) is 20.7. The number of carbonyl (C=O) groups is 2. The average molecular weight is 372 g/mol. The summed E-state index contributed by atoms with van der Waals surface area (Å²) in [6, 6.07) is 5.34. The first-order valence-corrected chi connectivity index (χ1v) is 8.14. The van der Waals surface area contributed by atoms with Crippen LogP contribution in [0, 0.1) is 23.7 Å². The number of rotatable bonds is 5. The fourth-order valence-electron chi connectivity index (χ4n) is 1.89. The van der Waals surface area contributed by atoms with Gasteiger partial charge in [-0.15, -0.1) is 0 Å². The van der Waals surface area contributed by atoms with Gasteiger partial charge < -0.3 is 26.0 Å². The molecular weight excluding hydrogens is 348 g/mol. The van der Waals surface area contributed by atoms with Crippen LogP contribution in [-0.4, -0.2) is 53.0 Å². The summed E-state index contributed by atoms with van der Waals surface area (Å²) < 4.78 is 4.68. The summed E-state index contributed by atoms with van der Waals surface area (Å²) >= 11 is 0. The molecule has 1 amide bonds. The number of aliphatic hydroxyl groups excluding tert-OH is 1.